The minimum Gasteiger partial charge on any atom is -0.344 e. The molecule has 0 unspecified atom stereocenters. The second kappa shape index (κ2) is 7.36. The zero-order valence-electron chi connectivity index (χ0n) is 16.9. The van der Waals surface area contributed by atoms with E-state index < -0.39 is 0 Å². The Bertz CT molecular complexity index is 1280. The number of pyridine rings is 1. The molecule has 0 amide bonds. The first-order chi connectivity index (χ1) is 15.3. The Morgan fingerprint density at radius 2 is 1.94 bits per heavy atom. The lowest BCUT2D eigenvalue weighted by Crippen LogP contribution is -2.19. The van der Waals surface area contributed by atoms with Gasteiger partial charge < -0.3 is 9.47 Å². The Labute approximate surface area is 180 Å². The average Bonchev–Trinajstić information content (AvgIpc) is 3.35. The van der Waals surface area contributed by atoms with Gasteiger partial charge in [-0.25, -0.2) is 9.97 Å². The Balaban J connectivity index is 1.24. The Morgan fingerprint density at radius 1 is 0.968 bits per heavy atom. The third-order valence-corrected chi connectivity index (χ3v) is 5.70. The summed E-state index contributed by atoms with van der Waals surface area (Å²) in [6.07, 6.45) is 16.6. The average molecular weight is 407 g/mol. The minimum atomic E-state index is 0.668. The standard InChI is InChI=1S/C24H21N7/c1-2-11-25-23(6-1)31-17-27-28-24(31)19-4-3-5-21(14-19)29-12-9-20(10-13-29)30-15-22(26-16-30)18-7-8-18/h1-6,9-12,14-18H,7-8,13H2. The Hall–Kier alpha value is -4.00. The van der Waals surface area contributed by atoms with Crippen molar-refractivity contribution >= 4 is 11.4 Å². The maximum atomic E-state index is 4.56. The Kier molecular flexibility index (Phi) is 4.23. The fourth-order valence-corrected chi connectivity index (χ4v) is 3.86. The fourth-order valence-electron chi connectivity index (χ4n) is 3.86. The van der Waals surface area contributed by atoms with Crippen LogP contribution < -0.4 is 4.90 Å². The first-order valence-corrected chi connectivity index (χ1v) is 10.5. The molecule has 3 aromatic heterocycles. The van der Waals surface area contributed by atoms with Crippen LogP contribution in [0, 0.1) is 0 Å². The quantitative estimate of drug-likeness (QED) is 0.494. The van der Waals surface area contributed by atoms with Crippen molar-refractivity contribution in [2.45, 2.75) is 18.8 Å². The van der Waals surface area contributed by atoms with Crippen LogP contribution in [0.15, 0.2) is 85.9 Å². The summed E-state index contributed by atoms with van der Waals surface area (Å²) in [5.41, 5.74) is 4.46. The van der Waals surface area contributed by atoms with Gasteiger partial charge in [0.05, 0.1) is 12.0 Å². The van der Waals surface area contributed by atoms with E-state index in [4.69, 9.17) is 0 Å². The first kappa shape index (κ1) is 17.8. The molecule has 1 aliphatic carbocycles. The molecule has 0 saturated heterocycles. The molecular weight excluding hydrogens is 386 g/mol. The smallest absolute Gasteiger partial charge is 0.169 e. The van der Waals surface area contributed by atoms with Crippen molar-refractivity contribution in [3.05, 3.63) is 91.6 Å². The van der Waals surface area contributed by atoms with Crippen LogP contribution in [0.2, 0.25) is 0 Å². The minimum absolute atomic E-state index is 0.668. The van der Waals surface area contributed by atoms with Gasteiger partial charge >= 0.3 is 0 Å². The van der Waals surface area contributed by atoms with E-state index in [9.17, 15) is 0 Å². The van der Waals surface area contributed by atoms with Crippen LogP contribution in [-0.4, -0.2) is 35.8 Å². The number of benzene rings is 1. The van der Waals surface area contributed by atoms with Gasteiger partial charge in [0.15, 0.2) is 5.82 Å². The van der Waals surface area contributed by atoms with Crippen molar-refractivity contribution in [2.24, 2.45) is 0 Å². The second-order valence-corrected chi connectivity index (χ2v) is 7.84. The molecule has 31 heavy (non-hydrogen) atoms. The van der Waals surface area contributed by atoms with Gasteiger partial charge in [0, 0.05) is 48.0 Å². The van der Waals surface area contributed by atoms with E-state index in [-0.39, 0.29) is 0 Å². The van der Waals surface area contributed by atoms with Crippen LogP contribution in [0.4, 0.5) is 5.69 Å². The van der Waals surface area contributed by atoms with Gasteiger partial charge in [0.25, 0.3) is 0 Å². The highest BCUT2D eigenvalue weighted by Gasteiger charge is 2.26. The molecule has 2 aliphatic rings. The van der Waals surface area contributed by atoms with Crippen molar-refractivity contribution in [3.8, 4) is 17.2 Å². The van der Waals surface area contributed by atoms with Crippen molar-refractivity contribution < 1.29 is 0 Å². The van der Waals surface area contributed by atoms with Crippen molar-refractivity contribution in [1.82, 2.24) is 29.3 Å². The molecule has 0 radical (unpaired) electrons. The second-order valence-electron chi connectivity index (χ2n) is 7.84. The van der Waals surface area contributed by atoms with E-state index in [1.165, 1.54) is 18.5 Å². The summed E-state index contributed by atoms with van der Waals surface area (Å²) in [6.45, 7) is 0.791. The topological polar surface area (TPSA) is 64.7 Å². The largest absolute Gasteiger partial charge is 0.344 e. The van der Waals surface area contributed by atoms with E-state index in [1.54, 1.807) is 12.5 Å². The van der Waals surface area contributed by atoms with Crippen molar-refractivity contribution in [3.63, 3.8) is 0 Å². The molecule has 0 N–H and O–H groups in total. The van der Waals surface area contributed by atoms with E-state index in [1.807, 2.05) is 41.2 Å². The van der Waals surface area contributed by atoms with Crippen LogP contribution in [0.3, 0.4) is 0 Å². The van der Waals surface area contributed by atoms with E-state index in [0.717, 1.165) is 35.1 Å². The number of imidazole rings is 1. The van der Waals surface area contributed by atoms with Gasteiger partial charge in [-0.1, -0.05) is 18.2 Å². The lowest BCUT2D eigenvalue weighted by Gasteiger charge is -2.23. The van der Waals surface area contributed by atoms with Gasteiger partial charge in [-0.15, -0.1) is 10.2 Å². The van der Waals surface area contributed by atoms with E-state index in [0.29, 0.717) is 5.92 Å². The third kappa shape index (κ3) is 3.44. The van der Waals surface area contributed by atoms with Crippen LogP contribution >= 0.6 is 0 Å². The van der Waals surface area contributed by atoms with Gasteiger partial charge in [-0.2, -0.15) is 0 Å². The summed E-state index contributed by atoms with van der Waals surface area (Å²) in [5.74, 6) is 2.23. The highest BCUT2D eigenvalue weighted by molar-refractivity contribution is 5.69. The zero-order valence-corrected chi connectivity index (χ0v) is 16.9. The van der Waals surface area contributed by atoms with Crippen molar-refractivity contribution in [2.75, 3.05) is 11.4 Å². The van der Waals surface area contributed by atoms with Crippen LogP contribution in [-0.2, 0) is 0 Å². The molecule has 0 spiro atoms. The van der Waals surface area contributed by atoms with Gasteiger partial charge in [0.2, 0.25) is 0 Å². The highest BCUT2D eigenvalue weighted by atomic mass is 15.3. The summed E-state index contributed by atoms with van der Waals surface area (Å²) >= 11 is 0. The summed E-state index contributed by atoms with van der Waals surface area (Å²) in [5, 5.41) is 8.44. The maximum absolute atomic E-state index is 4.56. The summed E-state index contributed by atoms with van der Waals surface area (Å²) in [4.78, 5) is 11.2. The lowest BCUT2D eigenvalue weighted by molar-refractivity contribution is 0.997. The first-order valence-electron chi connectivity index (χ1n) is 10.5. The predicted molar refractivity (Wildman–Crippen MR) is 120 cm³/mol. The monoisotopic (exact) mass is 407 g/mol. The number of anilines is 1. The molecule has 7 nitrogen and oxygen atoms in total. The van der Waals surface area contributed by atoms with Crippen LogP contribution in [0.5, 0.6) is 0 Å². The maximum Gasteiger partial charge on any atom is 0.169 e. The summed E-state index contributed by atoms with van der Waals surface area (Å²) < 4.78 is 4.02. The SMILES string of the molecule is C1=CN(c2cccc(-c3nncn3-c3ccccn3)c2)CC=C1n1cnc(C2CC2)c1. The molecule has 7 heteroatoms. The molecule has 152 valence electrons. The molecule has 0 bridgehead atoms. The number of nitrogens with zero attached hydrogens (tertiary/aromatic N) is 7. The molecular formula is C24H21N7. The molecule has 1 saturated carbocycles. The molecule has 1 fully saturated rings. The summed E-state index contributed by atoms with van der Waals surface area (Å²) in [7, 11) is 0. The van der Waals surface area contributed by atoms with Gasteiger partial charge in [-0.3, -0.25) is 4.57 Å². The van der Waals surface area contributed by atoms with Crippen LogP contribution in [0.1, 0.15) is 24.5 Å². The molecule has 6 rings (SSSR count). The molecule has 4 heterocycles. The lowest BCUT2D eigenvalue weighted by atomic mass is 10.1. The van der Waals surface area contributed by atoms with E-state index in [2.05, 4.69) is 66.3 Å². The van der Waals surface area contributed by atoms with Crippen molar-refractivity contribution in [1.29, 1.82) is 0 Å². The zero-order chi connectivity index (χ0) is 20.6. The molecule has 1 aliphatic heterocycles. The fraction of sp³-hybridized carbons (Fsp3) is 0.167. The molecule has 1 aromatic carbocycles. The predicted octanol–water partition coefficient (Wildman–Crippen LogP) is 4.28. The number of rotatable bonds is 5. The summed E-state index contributed by atoms with van der Waals surface area (Å²) in [6, 6.07) is 14.1. The van der Waals surface area contributed by atoms with E-state index >= 15 is 0 Å². The molecule has 4 aromatic rings. The van der Waals surface area contributed by atoms with Crippen LogP contribution in [0.25, 0.3) is 22.9 Å². The Morgan fingerprint density at radius 3 is 2.74 bits per heavy atom. The molecule has 0 atom stereocenters. The highest BCUT2D eigenvalue weighted by Crippen LogP contribution is 2.39. The number of hydrogen-bond donors (Lipinski definition) is 0. The third-order valence-electron chi connectivity index (χ3n) is 5.70. The van der Waals surface area contributed by atoms with Gasteiger partial charge in [0.1, 0.15) is 12.1 Å². The number of allylic oxidation sites excluding steroid dienone is 2. The normalized spacial score (nSPS) is 15.9. The van der Waals surface area contributed by atoms with Gasteiger partial charge in [-0.05, 0) is 49.3 Å². The number of hydrogen-bond acceptors (Lipinski definition) is 5. The number of aromatic nitrogens is 6.